The van der Waals surface area contributed by atoms with Crippen LogP contribution in [0.15, 0.2) is 18.2 Å². The molecule has 4 N–H and O–H groups in total. The number of hydrogen-bond donors (Lipinski definition) is 3. The summed E-state index contributed by atoms with van der Waals surface area (Å²) in [5.74, 6) is 5.61. The third-order valence-corrected chi connectivity index (χ3v) is 4.47. The molecule has 2 rings (SSSR count). The quantitative estimate of drug-likeness (QED) is 0.586. The normalized spacial score (nSPS) is 25.5. The summed E-state index contributed by atoms with van der Waals surface area (Å²) >= 11 is 0. The van der Waals surface area contributed by atoms with Gasteiger partial charge in [0.25, 0.3) is 5.91 Å². The minimum absolute atomic E-state index is 0.0442. The second-order valence-electron chi connectivity index (χ2n) is 5.49. The zero-order valence-electron chi connectivity index (χ0n) is 11.9. The number of carbonyl (C=O) groups is 1. The molecule has 1 aromatic rings. The third-order valence-electron chi connectivity index (χ3n) is 4.47. The van der Waals surface area contributed by atoms with Gasteiger partial charge in [-0.2, -0.15) is 0 Å². The molecule has 1 aromatic carbocycles. The van der Waals surface area contributed by atoms with Crippen LogP contribution < -0.4 is 16.6 Å². The van der Waals surface area contributed by atoms with E-state index in [1.54, 1.807) is 6.07 Å². The van der Waals surface area contributed by atoms with Crippen molar-refractivity contribution in [3.05, 3.63) is 29.6 Å². The number of anilines is 1. The number of rotatable bonds is 4. The Morgan fingerprint density at radius 3 is 2.80 bits per heavy atom. The molecule has 0 spiro atoms. The predicted octanol–water partition coefficient (Wildman–Crippen LogP) is 2.67. The van der Waals surface area contributed by atoms with E-state index in [1.807, 2.05) is 0 Å². The molecular weight excluding hydrogens is 257 g/mol. The molecule has 1 fully saturated rings. The fourth-order valence-corrected chi connectivity index (χ4v) is 3.13. The number of nitrogens with one attached hydrogen (secondary N) is 2. The summed E-state index contributed by atoms with van der Waals surface area (Å²) in [4.78, 5) is 12.3. The van der Waals surface area contributed by atoms with Crippen molar-refractivity contribution >= 4 is 11.6 Å². The van der Waals surface area contributed by atoms with E-state index >= 15 is 0 Å². The van der Waals surface area contributed by atoms with Crippen molar-refractivity contribution in [2.75, 3.05) is 5.43 Å². The first-order chi connectivity index (χ1) is 9.58. The van der Waals surface area contributed by atoms with Crippen LogP contribution in [0.1, 0.15) is 43.5 Å². The zero-order chi connectivity index (χ0) is 14.7. The maximum atomic E-state index is 13.6. The number of amides is 1. The van der Waals surface area contributed by atoms with Crippen molar-refractivity contribution in [3.8, 4) is 0 Å². The molecule has 20 heavy (non-hydrogen) atoms. The second kappa shape index (κ2) is 6.22. The molecule has 0 bridgehead atoms. The van der Waals surface area contributed by atoms with Crippen LogP contribution in [0.4, 0.5) is 10.1 Å². The van der Waals surface area contributed by atoms with E-state index in [0.29, 0.717) is 11.8 Å². The molecule has 0 radical (unpaired) electrons. The summed E-state index contributed by atoms with van der Waals surface area (Å²) in [5.41, 5.74) is 2.56. The average molecular weight is 279 g/mol. The highest BCUT2D eigenvalue weighted by Crippen LogP contribution is 2.34. The third kappa shape index (κ3) is 2.77. The molecule has 0 heterocycles. The number of carbonyl (C=O) groups excluding carboxylic acids is 1. The highest BCUT2D eigenvalue weighted by molar-refractivity contribution is 5.99. The van der Waals surface area contributed by atoms with Gasteiger partial charge >= 0.3 is 0 Å². The van der Waals surface area contributed by atoms with Gasteiger partial charge in [-0.15, -0.1) is 0 Å². The number of nitrogens with two attached hydrogens (primary N) is 1. The Balaban J connectivity index is 2.12. The van der Waals surface area contributed by atoms with Crippen molar-refractivity contribution in [3.63, 3.8) is 0 Å². The van der Waals surface area contributed by atoms with Gasteiger partial charge in [0, 0.05) is 6.04 Å². The molecule has 5 heteroatoms. The van der Waals surface area contributed by atoms with Gasteiger partial charge in [0.15, 0.2) is 0 Å². The van der Waals surface area contributed by atoms with Crippen LogP contribution in [0.25, 0.3) is 0 Å². The summed E-state index contributed by atoms with van der Waals surface area (Å²) in [7, 11) is 0. The average Bonchev–Trinajstić information content (AvgIpc) is 2.79. The number of hydrogen-bond acceptors (Lipinski definition) is 3. The predicted molar refractivity (Wildman–Crippen MR) is 77.6 cm³/mol. The maximum absolute atomic E-state index is 13.6. The molecule has 1 aliphatic rings. The Hall–Kier alpha value is -1.62. The van der Waals surface area contributed by atoms with Crippen LogP contribution >= 0.6 is 0 Å². The van der Waals surface area contributed by atoms with Crippen molar-refractivity contribution < 1.29 is 9.18 Å². The lowest BCUT2D eigenvalue weighted by Crippen LogP contribution is -2.38. The number of hydrazine groups is 1. The lowest BCUT2D eigenvalue weighted by atomic mass is 9.93. The smallest absolute Gasteiger partial charge is 0.253 e. The van der Waals surface area contributed by atoms with Gasteiger partial charge in [-0.25, -0.2) is 4.39 Å². The number of para-hydroxylation sites is 1. The largest absolute Gasteiger partial charge is 0.349 e. The minimum Gasteiger partial charge on any atom is -0.349 e. The van der Waals surface area contributed by atoms with Crippen molar-refractivity contribution in [1.29, 1.82) is 0 Å². The van der Waals surface area contributed by atoms with Gasteiger partial charge in [-0.1, -0.05) is 26.3 Å². The molecular formula is C15H22FN3O. The van der Waals surface area contributed by atoms with E-state index in [9.17, 15) is 9.18 Å². The molecule has 1 aliphatic carbocycles. The van der Waals surface area contributed by atoms with Crippen LogP contribution in [0.5, 0.6) is 0 Å². The summed E-state index contributed by atoms with van der Waals surface area (Å²) in [6.45, 7) is 4.34. The number of benzene rings is 1. The van der Waals surface area contributed by atoms with Crippen molar-refractivity contribution in [2.45, 2.75) is 39.2 Å². The lowest BCUT2D eigenvalue weighted by molar-refractivity contribution is 0.0927. The fourth-order valence-electron chi connectivity index (χ4n) is 3.13. The summed E-state index contributed by atoms with van der Waals surface area (Å²) in [6, 6.07) is 4.51. The molecule has 0 saturated heterocycles. The van der Waals surface area contributed by atoms with Gasteiger partial charge in [0.2, 0.25) is 0 Å². The van der Waals surface area contributed by atoms with Crippen molar-refractivity contribution in [2.24, 2.45) is 17.7 Å². The highest BCUT2D eigenvalue weighted by atomic mass is 19.1. The lowest BCUT2D eigenvalue weighted by Gasteiger charge is -2.21. The maximum Gasteiger partial charge on any atom is 0.253 e. The minimum atomic E-state index is -0.522. The number of halogens is 1. The Morgan fingerprint density at radius 1 is 1.45 bits per heavy atom. The summed E-state index contributed by atoms with van der Waals surface area (Å²) < 4.78 is 13.6. The summed E-state index contributed by atoms with van der Waals surface area (Å²) in [6.07, 6.45) is 3.24. The van der Waals surface area contributed by atoms with E-state index in [0.717, 1.165) is 19.3 Å². The molecule has 0 aromatic heterocycles. The van der Waals surface area contributed by atoms with Crippen LogP contribution in [-0.4, -0.2) is 11.9 Å². The Kier molecular flexibility index (Phi) is 4.60. The van der Waals surface area contributed by atoms with Gasteiger partial charge in [0.05, 0.1) is 11.3 Å². The first-order valence-electron chi connectivity index (χ1n) is 7.14. The molecule has 110 valence electrons. The van der Waals surface area contributed by atoms with Gasteiger partial charge in [0.1, 0.15) is 5.82 Å². The van der Waals surface area contributed by atoms with Crippen LogP contribution in [-0.2, 0) is 0 Å². The topological polar surface area (TPSA) is 67.2 Å². The van der Waals surface area contributed by atoms with E-state index in [4.69, 9.17) is 5.84 Å². The van der Waals surface area contributed by atoms with Crippen molar-refractivity contribution in [1.82, 2.24) is 5.32 Å². The van der Waals surface area contributed by atoms with Gasteiger partial charge < -0.3 is 10.7 Å². The van der Waals surface area contributed by atoms with Crippen LogP contribution in [0, 0.1) is 17.7 Å². The second-order valence-corrected chi connectivity index (χ2v) is 5.49. The van der Waals surface area contributed by atoms with E-state index in [2.05, 4.69) is 24.6 Å². The zero-order valence-corrected chi connectivity index (χ0v) is 11.9. The fraction of sp³-hybridized carbons (Fsp3) is 0.533. The Morgan fingerprint density at radius 2 is 2.20 bits per heavy atom. The van der Waals surface area contributed by atoms with E-state index < -0.39 is 5.82 Å². The van der Waals surface area contributed by atoms with Gasteiger partial charge in [-0.05, 0) is 36.8 Å². The van der Waals surface area contributed by atoms with Crippen LogP contribution in [0.3, 0.4) is 0 Å². The molecule has 1 amide bonds. The van der Waals surface area contributed by atoms with E-state index in [-0.39, 0.29) is 23.2 Å². The first-order valence-corrected chi connectivity index (χ1v) is 7.14. The molecule has 4 nitrogen and oxygen atoms in total. The first kappa shape index (κ1) is 14.8. The molecule has 0 aliphatic heterocycles. The monoisotopic (exact) mass is 279 g/mol. The SMILES string of the molecule is CCC1CCC(NC(=O)c2cccc(F)c2NN)C1C. The van der Waals surface area contributed by atoms with E-state index in [1.165, 1.54) is 12.1 Å². The molecule has 1 saturated carbocycles. The number of nitrogen functional groups attached to an aromatic ring is 1. The Bertz CT molecular complexity index is 492. The summed E-state index contributed by atoms with van der Waals surface area (Å²) in [5, 5.41) is 3.01. The standard InChI is InChI=1S/C15H22FN3O/c1-3-10-7-8-13(9(10)2)18-15(20)11-5-4-6-12(16)14(11)19-17/h4-6,9-10,13,19H,3,7-8,17H2,1-2H3,(H,18,20). The van der Waals surface area contributed by atoms with Gasteiger partial charge in [-0.3, -0.25) is 10.6 Å². The molecule has 3 unspecified atom stereocenters. The molecule has 3 atom stereocenters. The Labute approximate surface area is 118 Å². The van der Waals surface area contributed by atoms with Crippen LogP contribution in [0.2, 0.25) is 0 Å². The highest BCUT2D eigenvalue weighted by Gasteiger charge is 2.33.